The molecule has 0 radical (unpaired) electrons. The summed E-state index contributed by atoms with van der Waals surface area (Å²) in [6.07, 6.45) is 0. The Morgan fingerprint density at radius 1 is 0.286 bits per heavy atom. The highest BCUT2D eigenvalue weighted by molar-refractivity contribution is 6.12. The average Bonchev–Trinajstić information content (AvgIpc) is 3.71. The summed E-state index contributed by atoms with van der Waals surface area (Å²) in [5, 5.41) is 5.07. The average molecular weight is 806 g/mol. The lowest BCUT2D eigenvalue weighted by Gasteiger charge is -2.27. The van der Waals surface area contributed by atoms with E-state index in [-0.39, 0.29) is 10.8 Å². The molecule has 1 nitrogen and oxygen atoms in total. The highest BCUT2D eigenvalue weighted by Crippen LogP contribution is 2.53. The summed E-state index contributed by atoms with van der Waals surface area (Å²) in [4.78, 5) is 2.41. The summed E-state index contributed by atoms with van der Waals surface area (Å²) in [6, 6.07) is 79.0. The van der Waals surface area contributed by atoms with E-state index in [1.165, 1.54) is 99.4 Å². The van der Waals surface area contributed by atoms with Crippen molar-refractivity contribution in [1.29, 1.82) is 0 Å². The van der Waals surface area contributed by atoms with Gasteiger partial charge in [-0.15, -0.1) is 0 Å². The number of hydrogen-bond donors (Lipinski definition) is 0. The fourth-order valence-electron chi connectivity index (χ4n) is 11.1. The van der Waals surface area contributed by atoms with Crippen molar-refractivity contribution in [3.05, 3.63) is 235 Å². The van der Waals surface area contributed by atoms with Crippen LogP contribution in [-0.2, 0) is 10.8 Å². The van der Waals surface area contributed by atoms with Gasteiger partial charge in [-0.1, -0.05) is 198 Å². The smallest absolute Gasteiger partial charge is 0.0467 e. The van der Waals surface area contributed by atoms with Gasteiger partial charge in [0.05, 0.1) is 0 Å². The van der Waals surface area contributed by atoms with Crippen molar-refractivity contribution in [2.24, 2.45) is 0 Å². The van der Waals surface area contributed by atoms with Gasteiger partial charge < -0.3 is 4.90 Å². The van der Waals surface area contributed by atoms with Crippen molar-refractivity contribution in [2.75, 3.05) is 4.90 Å². The number of benzene rings is 10. The Morgan fingerprint density at radius 2 is 0.841 bits per heavy atom. The zero-order valence-corrected chi connectivity index (χ0v) is 36.2. The van der Waals surface area contributed by atoms with Gasteiger partial charge in [-0.05, 0) is 142 Å². The lowest BCUT2D eigenvalue weighted by molar-refractivity contribution is 0.660. The number of hydrogen-bond acceptors (Lipinski definition) is 1. The largest absolute Gasteiger partial charge is 0.310 e. The number of anilines is 3. The molecule has 0 spiro atoms. The third kappa shape index (κ3) is 5.76. The third-order valence-corrected chi connectivity index (χ3v) is 14.3. The van der Waals surface area contributed by atoms with Crippen LogP contribution in [0.3, 0.4) is 0 Å². The summed E-state index contributed by atoms with van der Waals surface area (Å²) >= 11 is 0. The van der Waals surface area contributed by atoms with Crippen LogP contribution in [0.15, 0.2) is 212 Å². The lowest BCUT2D eigenvalue weighted by Crippen LogP contribution is -2.16. The van der Waals surface area contributed by atoms with E-state index in [1.807, 2.05) is 0 Å². The van der Waals surface area contributed by atoms with E-state index in [4.69, 9.17) is 0 Å². The summed E-state index contributed by atoms with van der Waals surface area (Å²) in [6.45, 7) is 9.45. The molecule has 300 valence electrons. The molecule has 0 heterocycles. The molecule has 2 aliphatic carbocycles. The van der Waals surface area contributed by atoms with Gasteiger partial charge >= 0.3 is 0 Å². The van der Waals surface area contributed by atoms with Crippen LogP contribution in [0.1, 0.15) is 49.9 Å². The Balaban J connectivity index is 0.963. The van der Waals surface area contributed by atoms with Gasteiger partial charge in [0.2, 0.25) is 0 Å². The molecular weight excluding hydrogens is 759 g/mol. The predicted octanol–water partition coefficient (Wildman–Crippen LogP) is 17.1. The highest BCUT2D eigenvalue weighted by Gasteiger charge is 2.38. The zero-order valence-electron chi connectivity index (χ0n) is 36.2. The number of fused-ring (bicyclic) bond motifs is 9. The van der Waals surface area contributed by atoms with Crippen LogP contribution < -0.4 is 4.90 Å². The summed E-state index contributed by atoms with van der Waals surface area (Å²) in [5.41, 5.74) is 21.6. The van der Waals surface area contributed by atoms with Gasteiger partial charge in [0.25, 0.3) is 0 Å². The minimum Gasteiger partial charge on any atom is -0.310 e. The maximum absolute atomic E-state index is 2.41. The van der Waals surface area contributed by atoms with Crippen LogP contribution in [0.25, 0.3) is 77.2 Å². The second kappa shape index (κ2) is 14.0. The Labute approximate surface area is 370 Å². The standard InChI is InChI=1S/C62H47N/c1-61(2)57-24-9-7-18-53(57)55-37-31-43(39-59(55)61)40-26-32-45(33-27-40)63(47-16-11-15-44(38-47)49-20-12-22-51-48-17-6-5-14-41(48)30-36-52(49)51)46-34-28-42(29-35-46)50-21-13-23-56-54-19-8-10-25-58(54)62(3,4)60(50)56/h5-39H,1-4H3. The van der Waals surface area contributed by atoms with E-state index >= 15 is 0 Å². The van der Waals surface area contributed by atoms with Crippen molar-refractivity contribution in [3.63, 3.8) is 0 Å². The van der Waals surface area contributed by atoms with Crippen molar-refractivity contribution >= 4 is 38.6 Å². The fraction of sp³-hybridized carbons (Fsp3) is 0.0968. The molecule has 0 N–H and O–H groups in total. The van der Waals surface area contributed by atoms with E-state index in [9.17, 15) is 0 Å². The Kier molecular flexibility index (Phi) is 8.30. The first-order valence-electron chi connectivity index (χ1n) is 22.3. The Bertz CT molecular complexity index is 3440. The molecule has 12 rings (SSSR count). The van der Waals surface area contributed by atoms with Crippen molar-refractivity contribution in [3.8, 4) is 55.6 Å². The van der Waals surface area contributed by atoms with E-state index in [2.05, 4.69) is 245 Å². The first-order chi connectivity index (χ1) is 30.8. The molecule has 0 saturated carbocycles. The van der Waals surface area contributed by atoms with Gasteiger partial charge in [0, 0.05) is 27.9 Å². The van der Waals surface area contributed by atoms with Gasteiger partial charge in [-0.25, -0.2) is 0 Å². The normalized spacial score (nSPS) is 14.0. The first-order valence-corrected chi connectivity index (χ1v) is 22.3. The second-order valence-corrected chi connectivity index (χ2v) is 18.5. The molecule has 0 saturated heterocycles. The molecular formula is C62H47N. The second-order valence-electron chi connectivity index (χ2n) is 18.5. The van der Waals surface area contributed by atoms with Crippen LogP contribution >= 0.6 is 0 Å². The van der Waals surface area contributed by atoms with Crippen LogP contribution in [0.4, 0.5) is 17.1 Å². The molecule has 63 heavy (non-hydrogen) atoms. The van der Waals surface area contributed by atoms with Crippen LogP contribution in [0, 0.1) is 0 Å². The first kappa shape index (κ1) is 37.3. The molecule has 0 fully saturated rings. The third-order valence-electron chi connectivity index (χ3n) is 14.3. The number of nitrogens with zero attached hydrogens (tertiary/aromatic N) is 1. The SMILES string of the molecule is CC1(C)c2ccccc2-c2ccc(-c3ccc(N(c4ccc(-c5cccc6c5C(C)(C)c5ccccc5-6)cc4)c4cccc(-c5cccc6c5ccc5ccccc56)c4)cc3)cc21. The van der Waals surface area contributed by atoms with Crippen molar-refractivity contribution in [2.45, 2.75) is 38.5 Å². The maximum atomic E-state index is 2.41. The van der Waals surface area contributed by atoms with E-state index in [0.29, 0.717) is 0 Å². The van der Waals surface area contributed by atoms with E-state index in [1.54, 1.807) is 0 Å². The fourth-order valence-corrected chi connectivity index (χ4v) is 11.1. The molecule has 10 aromatic carbocycles. The molecule has 10 aromatic rings. The molecule has 0 amide bonds. The zero-order chi connectivity index (χ0) is 42.5. The molecule has 1 heteroatoms. The quantitative estimate of drug-likeness (QED) is 0.151. The molecule has 0 atom stereocenters. The topological polar surface area (TPSA) is 3.24 Å². The Morgan fingerprint density at radius 3 is 1.62 bits per heavy atom. The molecule has 2 aliphatic rings. The van der Waals surface area contributed by atoms with Gasteiger partial charge in [0.15, 0.2) is 0 Å². The van der Waals surface area contributed by atoms with Gasteiger partial charge in [0.1, 0.15) is 0 Å². The summed E-state index contributed by atoms with van der Waals surface area (Å²) in [7, 11) is 0. The van der Waals surface area contributed by atoms with Crippen LogP contribution in [0.2, 0.25) is 0 Å². The molecule has 0 aliphatic heterocycles. The van der Waals surface area contributed by atoms with Crippen LogP contribution in [0.5, 0.6) is 0 Å². The minimum absolute atomic E-state index is 0.0490. The highest BCUT2D eigenvalue weighted by atomic mass is 15.1. The Hall–Kier alpha value is -7.48. The predicted molar refractivity (Wildman–Crippen MR) is 268 cm³/mol. The van der Waals surface area contributed by atoms with Gasteiger partial charge in [-0.2, -0.15) is 0 Å². The van der Waals surface area contributed by atoms with E-state index < -0.39 is 0 Å². The van der Waals surface area contributed by atoms with Gasteiger partial charge in [-0.3, -0.25) is 0 Å². The maximum Gasteiger partial charge on any atom is 0.0467 e. The van der Waals surface area contributed by atoms with E-state index in [0.717, 1.165) is 17.1 Å². The van der Waals surface area contributed by atoms with Crippen molar-refractivity contribution in [1.82, 2.24) is 0 Å². The monoisotopic (exact) mass is 805 g/mol. The molecule has 0 bridgehead atoms. The molecule has 0 unspecified atom stereocenters. The van der Waals surface area contributed by atoms with Crippen LogP contribution in [-0.4, -0.2) is 0 Å². The molecule has 0 aromatic heterocycles. The minimum atomic E-state index is -0.0954. The van der Waals surface area contributed by atoms with Crippen molar-refractivity contribution < 1.29 is 0 Å². The summed E-state index contributed by atoms with van der Waals surface area (Å²) in [5.74, 6) is 0. The lowest BCUT2D eigenvalue weighted by atomic mass is 9.79. The number of rotatable bonds is 6. The summed E-state index contributed by atoms with van der Waals surface area (Å²) < 4.78 is 0.